The number of methoxy groups -OCH3 is 1. The van der Waals surface area contributed by atoms with Crippen LogP contribution in [-0.4, -0.2) is 23.3 Å². The summed E-state index contributed by atoms with van der Waals surface area (Å²) in [6.07, 6.45) is 0.932. The van der Waals surface area contributed by atoms with Crippen LogP contribution in [0.5, 0.6) is 5.75 Å². The van der Waals surface area contributed by atoms with Gasteiger partial charge in [0.2, 0.25) is 5.82 Å². The summed E-state index contributed by atoms with van der Waals surface area (Å²) in [5.74, 6) is 0.900. The second-order valence-electron chi connectivity index (χ2n) is 8.45. The lowest BCUT2D eigenvalue weighted by atomic mass is 9.94. The lowest BCUT2D eigenvalue weighted by Crippen LogP contribution is -2.46. The monoisotopic (exact) mass is 484 g/mol. The minimum absolute atomic E-state index is 0.260. The topological polar surface area (TPSA) is 80.5 Å². The summed E-state index contributed by atoms with van der Waals surface area (Å²) < 4.78 is 25.2. The van der Waals surface area contributed by atoms with Gasteiger partial charge in [-0.1, -0.05) is 54.5 Å². The van der Waals surface area contributed by atoms with Crippen molar-refractivity contribution < 1.29 is 18.4 Å². The van der Waals surface area contributed by atoms with Crippen LogP contribution >= 0.6 is 0 Å². The third-order valence-corrected chi connectivity index (χ3v) is 6.26. The molecule has 5 rings (SSSR count). The molecule has 4 aromatic rings. The smallest absolute Gasteiger partial charge is 0.327 e. The molecular weight excluding hydrogens is 459 g/mol. The van der Waals surface area contributed by atoms with Crippen LogP contribution in [0.1, 0.15) is 36.9 Å². The molecule has 2 amide bonds. The van der Waals surface area contributed by atoms with E-state index in [1.54, 1.807) is 26.2 Å². The molecule has 8 heteroatoms. The first-order chi connectivity index (χ1) is 17.5. The second kappa shape index (κ2) is 9.65. The summed E-state index contributed by atoms with van der Waals surface area (Å²) in [5.41, 5.74) is 4.36. The normalized spacial score (nSPS) is 15.7. The fourth-order valence-electron chi connectivity index (χ4n) is 4.36. The molecule has 1 aliphatic heterocycles. The summed E-state index contributed by atoms with van der Waals surface area (Å²) in [4.78, 5) is 19.4. The van der Waals surface area contributed by atoms with E-state index in [-0.39, 0.29) is 5.89 Å². The first kappa shape index (κ1) is 23.3. The Morgan fingerprint density at radius 2 is 1.86 bits per heavy atom. The van der Waals surface area contributed by atoms with Gasteiger partial charge in [0.05, 0.1) is 24.4 Å². The van der Waals surface area contributed by atoms with Crippen molar-refractivity contribution >= 4 is 17.3 Å². The van der Waals surface area contributed by atoms with Gasteiger partial charge in [-0.3, -0.25) is 4.90 Å². The molecule has 0 aliphatic carbocycles. The van der Waals surface area contributed by atoms with E-state index in [4.69, 9.17) is 9.26 Å². The van der Waals surface area contributed by atoms with Gasteiger partial charge >= 0.3 is 6.03 Å². The Morgan fingerprint density at radius 1 is 1.08 bits per heavy atom. The number of allylic oxidation sites excluding steroid dienone is 1. The van der Waals surface area contributed by atoms with Crippen LogP contribution in [0.3, 0.4) is 0 Å². The van der Waals surface area contributed by atoms with Crippen molar-refractivity contribution in [2.75, 3.05) is 12.0 Å². The van der Waals surface area contributed by atoms with Crippen LogP contribution in [0, 0.1) is 5.82 Å². The molecule has 1 aliphatic rings. The molecule has 2 heterocycles. The number of carbonyl (C=O) groups is 1. The van der Waals surface area contributed by atoms with Gasteiger partial charge in [-0.15, -0.1) is 0 Å². The highest BCUT2D eigenvalue weighted by atomic mass is 19.1. The molecule has 0 saturated carbocycles. The van der Waals surface area contributed by atoms with Crippen molar-refractivity contribution in [1.29, 1.82) is 0 Å². The van der Waals surface area contributed by atoms with Crippen LogP contribution < -0.4 is 15.0 Å². The highest BCUT2D eigenvalue weighted by Gasteiger charge is 2.36. The van der Waals surface area contributed by atoms with Crippen molar-refractivity contribution in [1.82, 2.24) is 15.5 Å². The lowest BCUT2D eigenvalue weighted by Gasteiger charge is -2.35. The first-order valence-corrected chi connectivity index (χ1v) is 11.6. The summed E-state index contributed by atoms with van der Waals surface area (Å²) in [6.45, 7) is 3.88. The number of rotatable bonds is 6. The first-order valence-electron chi connectivity index (χ1n) is 11.6. The number of halogens is 1. The number of carbonyl (C=O) groups excluding carboxylic acids is 1. The minimum atomic E-state index is -0.590. The Bertz CT molecular complexity index is 1450. The maximum atomic E-state index is 14.0. The standard InChI is InChI=1S/C28H25FN4O3/c1-4-18-11-13-19(14-12-18)26-31-27(36-32-26)24-17(2)33(22-9-6-8-21(29)16-22)28(34)30-25(24)20-7-5-10-23(15-20)35-3/h5-16,25H,4H2,1-3H3,(H,30,34). The van der Waals surface area contributed by atoms with Gasteiger partial charge in [-0.05, 0) is 54.8 Å². The van der Waals surface area contributed by atoms with Crippen molar-refractivity contribution in [3.05, 3.63) is 101 Å². The number of hydrogen-bond donors (Lipinski definition) is 1. The number of nitrogens with zero attached hydrogens (tertiary/aromatic N) is 3. The Morgan fingerprint density at radius 3 is 2.58 bits per heavy atom. The number of urea groups is 1. The lowest BCUT2D eigenvalue weighted by molar-refractivity contribution is 0.244. The van der Waals surface area contributed by atoms with Crippen LogP contribution in [0.15, 0.2) is 83.0 Å². The SMILES string of the molecule is CCc1ccc(-c2noc(C3=C(C)N(c4cccc(F)c4)C(=O)NC3c3cccc(OC)c3)n2)cc1. The number of aryl methyl sites for hydroxylation is 1. The van der Waals surface area contributed by atoms with E-state index in [2.05, 4.69) is 22.4 Å². The third kappa shape index (κ3) is 4.33. The molecular formula is C28H25FN4O3. The highest BCUT2D eigenvalue weighted by Crippen LogP contribution is 2.39. The predicted octanol–water partition coefficient (Wildman–Crippen LogP) is 6.15. The van der Waals surface area contributed by atoms with Gasteiger partial charge in [0.25, 0.3) is 5.89 Å². The second-order valence-corrected chi connectivity index (χ2v) is 8.45. The third-order valence-electron chi connectivity index (χ3n) is 6.26. The van der Waals surface area contributed by atoms with Crippen molar-refractivity contribution in [3.63, 3.8) is 0 Å². The van der Waals surface area contributed by atoms with Crippen molar-refractivity contribution in [3.8, 4) is 17.1 Å². The average molecular weight is 485 g/mol. The maximum Gasteiger partial charge on any atom is 0.327 e. The molecule has 36 heavy (non-hydrogen) atoms. The zero-order valence-corrected chi connectivity index (χ0v) is 20.2. The van der Waals surface area contributed by atoms with Crippen molar-refractivity contribution in [2.24, 2.45) is 0 Å². The quantitative estimate of drug-likeness (QED) is 0.355. The summed E-state index contributed by atoms with van der Waals surface area (Å²) in [7, 11) is 1.58. The van der Waals surface area contributed by atoms with Crippen molar-refractivity contribution in [2.45, 2.75) is 26.3 Å². The largest absolute Gasteiger partial charge is 0.497 e. The predicted molar refractivity (Wildman–Crippen MR) is 135 cm³/mol. The van der Waals surface area contributed by atoms with E-state index in [1.165, 1.54) is 22.6 Å². The molecule has 0 spiro atoms. The number of aromatic nitrogens is 2. The fraction of sp³-hybridized carbons (Fsp3) is 0.179. The summed E-state index contributed by atoms with van der Waals surface area (Å²) in [6, 6.07) is 20.3. The molecule has 0 radical (unpaired) electrons. The van der Waals surface area contributed by atoms with E-state index in [1.807, 2.05) is 48.5 Å². The molecule has 7 nitrogen and oxygen atoms in total. The molecule has 1 atom stereocenters. The van der Waals surface area contributed by atoms with Gasteiger partial charge in [0.1, 0.15) is 11.6 Å². The summed E-state index contributed by atoms with van der Waals surface area (Å²) >= 11 is 0. The molecule has 182 valence electrons. The number of benzene rings is 3. The van der Waals surface area contributed by atoms with Crippen LogP contribution in [0.4, 0.5) is 14.9 Å². The van der Waals surface area contributed by atoms with Gasteiger partial charge in [-0.2, -0.15) is 4.98 Å². The van der Waals surface area contributed by atoms with Crippen LogP contribution in [0.2, 0.25) is 0 Å². The molecule has 1 N–H and O–H groups in total. The van der Waals surface area contributed by atoms with E-state index >= 15 is 0 Å². The van der Waals surface area contributed by atoms with E-state index in [0.717, 1.165) is 17.5 Å². The number of amides is 2. The maximum absolute atomic E-state index is 14.0. The molecule has 0 fully saturated rings. The fourth-order valence-corrected chi connectivity index (χ4v) is 4.36. The Balaban J connectivity index is 1.64. The minimum Gasteiger partial charge on any atom is -0.497 e. The molecule has 1 unspecified atom stereocenters. The average Bonchev–Trinajstić information content (AvgIpc) is 3.38. The number of nitrogens with one attached hydrogen (secondary N) is 1. The van der Waals surface area contributed by atoms with Gasteiger partial charge in [0, 0.05) is 11.3 Å². The van der Waals surface area contributed by atoms with Gasteiger partial charge in [0.15, 0.2) is 0 Å². The Hall–Kier alpha value is -4.46. The van der Waals surface area contributed by atoms with E-state index in [9.17, 15) is 9.18 Å². The summed E-state index contributed by atoms with van der Waals surface area (Å²) in [5, 5.41) is 7.23. The number of ether oxygens (including phenoxy) is 1. The van der Waals surface area contributed by atoms with Gasteiger partial charge < -0.3 is 14.6 Å². The van der Waals surface area contributed by atoms with Crippen LogP contribution in [-0.2, 0) is 6.42 Å². The molecule has 3 aromatic carbocycles. The van der Waals surface area contributed by atoms with E-state index in [0.29, 0.717) is 28.5 Å². The molecule has 0 bridgehead atoms. The zero-order valence-electron chi connectivity index (χ0n) is 20.2. The molecule has 0 saturated heterocycles. The van der Waals surface area contributed by atoms with E-state index < -0.39 is 17.9 Å². The van der Waals surface area contributed by atoms with Crippen LogP contribution in [0.25, 0.3) is 17.0 Å². The molecule has 1 aromatic heterocycles. The number of anilines is 1. The Labute approximate surface area is 208 Å². The van der Waals surface area contributed by atoms with Gasteiger partial charge in [-0.25, -0.2) is 9.18 Å². The zero-order chi connectivity index (χ0) is 25.2. The number of hydrogen-bond acceptors (Lipinski definition) is 5. The Kier molecular flexibility index (Phi) is 6.25. The highest BCUT2D eigenvalue weighted by molar-refractivity contribution is 6.01.